The first kappa shape index (κ1) is 26.5. The van der Waals surface area contributed by atoms with Crippen molar-refractivity contribution in [3.05, 3.63) is 45.8 Å². The fraction of sp³-hybridized carbons (Fsp3) is 0.538. The van der Waals surface area contributed by atoms with Crippen LogP contribution in [-0.4, -0.2) is 18.3 Å². The topological polar surface area (TPSA) is 55.4 Å². The zero-order valence-corrected chi connectivity index (χ0v) is 22.3. The Morgan fingerprint density at radius 2 is 1.69 bits per heavy atom. The molecule has 2 aromatic rings. The van der Waals surface area contributed by atoms with E-state index in [0.717, 1.165) is 28.4 Å². The monoisotopic (exact) mass is 475 g/mol. The van der Waals surface area contributed by atoms with E-state index in [1.807, 2.05) is 40.7 Å². The summed E-state index contributed by atoms with van der Waals surface area (Å²) in [4.78, 5) is 25.3. The summed E-state index contributed by atoms with van der Waals surface area (Å²) in [6, 6.07) is 8.60. The molecule has 1 amide bonds. The van der Waals surface area contributed by atoms with Crippen LogP contribution in [0, 0.1) is 19.3 Å². The van der Waals surface area contributed by atoms with Gasteiger partial charge < -0.3 is 4.74 Å². The third-order valence-corrected chi connectivity index (χ3v) is 8.63. The number of carbonyl (C=O) groups excluding carboxylic acids is 2. The van der Waals surface area contributed by atoms with E-state index in [1.165, 1.54) is 28.0 Å². The summed E-state index contributed by atoms with van der Waals surface area (Å²) >= 11 is 3.18. The van der Waals surface area contributed by atoms with Gasteiger partial charge in [-0.15, -0.1) is 11.3 Å². The van der Waals surface area contributed by atoms with Crippen molar-refractivity contribution in [1.29, 1.82) is 0 Å². The van der Waals surface area contributed by atoms with Crippen LogP contribution in [0.4, 0.5) is 0 Å². The highest BCUT2D eigenvalue weighted by Crippen LogP contribution is 2.45. The Kier molecular flexibility index (Phi) is 9.00. The summed E-state index contributed by atoms with van der Waals surface area (Å²) in [7, 11) is 0. The maximum atomic E-state index is 12.3. The number of amides is 1. The lowest BCUT2D eigenvalue weighted by Gasteiger charge is -2.32. The van der Waals surface area contributed by atoms with Crippen LogP contribution in [0.1, 0.15) is 82.4 Å². The number of benzene rings is 1. The molecule has 32 heavy (non-hydrogen) atoms. The molecule has 4 nitrogen and oxygen atoms in total. The van der Waals surface area contributed by atoms with E-state index in [-0.39, 0.29) is 23.7 Å². The molecular weight excluding hydrogens is 438 g/mol. The van der Waals surface area contributed by atoms with Crippen LogP contribution < -0.4 is 9.46 Å². The molecular formula is C26H37NO3S2. The van der Waals surface area contributed by atoms with E-state index < -0.39 is 5.41 Å². The highest BCUT2D eigenvalue weighted by atomic mass is 32.2. The van der Waals surface area contributed by atoms with Crippen molar-refractivity contribution in [3.8, 4) is 5.75 Å². The Hall–Kier alpha value is -1.79. The zero-order valence-electron chi connectivity index (χ0n) is 20.7. The molecule has 0 radical (unpaired) electrons. The van der Waals surface area contributed by atoms with E-state index in [1.54, 1.807) is 11.3 Å². The summed E-state index contributed by atoms with van der Waals surface area (Å²) in [5.41, 5.74) is 2.97. The number of ketones is 1. The number of nitrogens with one attached hydrogen (secondary N) is 1. The van der Waals surface area contributed by atoms with Gasteiger partial charge in [-0.25, -0.2) is 0 Å². The van der Waals surface area contributed by atoms with Crippen LogP contribution in [0.5, 0.6) is 5.75 Å². The molecule has 0 unspecified atom stereocenters. The number of Topliss-reactive ketones (excluding diaryl/α,β-unsaturated/α-hetero) is 1. The Labute approximate surface area is 201 Å². The van der Waals surface area contributed by atoms with E-state index in [9.17, 15) is 9.59 Å². The molecule has 1 heterocycles. The molecule has 2 rings (SSSR count). The lowest BCUT2D eigenvalue weighted by molar-refractivity contribution is -0.128. The van der Waals surface area contributed by atoms with Gasteiger partial charge in [0.2, 0.25) is 5.91 Å². The Balaban J connectivity index is 2.32. The lowest BCUT2D eigenvalue weighted by atomic mass is 9.74. The normalized spacial score (nSPS) is 12.0. The van der Waals surface area contributed by atoms with Crippen LogP contribution >= 0.6 is 23.3 Å². The molecule has 0 atom stereocenters. The highest BCUT2D eigenvalue weighted by Gasteiger charge is 2.33. The first-order chi connectivity index (χ1) is 15.0. The quantitative estimate of drug-likeness (QED) is 0.376. The number of thiophene rings is 1. The van der Waals surface area contributed by atoms with Crippen LogP contribution in [-0.2, 0) is 15.0 Å². The Bertz CT molecular complexity index is 952. The molecule has 0 aliphatic heterocycles. The predicted molar refractivity (Wildman–Crippen MR) is 136 cm³/mol. The third-order valence-electron chi connectivity index (χ3n) is 6.05. The second-order valence-corrected chi connectivity index (χ2v) is 11.4. The summed E-state index contributed by atoms with van der Waals surface area (Å²) in [5, 5.41) is 0. The SMILES string of the molecule is CCC(=O)NSc1sc(C(CC)(CC)c2ccc(OCC(=O)C(C)(C)C)c(C)c2)cc1C. The largest absolute Gasteiger partial charge is 0.486 e. The van der Waals surface area contributed by atoms with Crippen LogP contribution in [0.2, 0.25) is 0 Å². The first-order valence-corrected chi connectivity index (χ1v) is 13.0. The van der Waals surface area contributed by atoms with Gasteiger partial charge in [-0.2, -0.15) is 0 Å². The molecule has 1 aromatic carbocycles. The summed E-state index contributed by atoms with van der Waals surface area (Å²) in [6.45, 7) is 16.3. The number of hydrogen-bond donors (Lipinski definition) is 1. The maximum absolute atomic E-state index is 12.3. The van der Waals surface area contributed by atoms with E-state index >= 15 is 0 Å². The van der Waals surface area contributed by atoms with Gasteiger partial charge >= 0.3 is 0 Å². The predicted octanol–water partition coefficient (Wildman–Crippen LogP) is 7.00. The Morgan fingerprint density at radius 1 is 1.03 bits per heavy atom. The molecule has 0 aliphatic rings. The van der Waals surface area contributed by atoms with Crippen molar-refractivity contribution in [1.82, 2.24) is 4.72 Å². The third kappa shape index (κ3) is 5.96. The standard InChI is InChI=1S/C26H37NO3S2/c1-9-23(29)27-32-24-18(5)15-22(31-24)26(10-2,11-3)19-12-13-20(17(4)14-19)30-16-21(28)25(6,7)8/h12-15H,9-11,16H2,1-8H3,(H,27,29). The van der Waals surface area contributed by atoms with Crippen molar-refractivity contribution in [3.63, 3.8) is 0 Å². The molecule has 0 bridgehead atoms. The van der Waals surface area contributed by atoms with Crippen molar-refractivity contribution in [2.24, 2.45) is 5.41 Å². The van der Waals surface area contributed by atoms with E-state index in [4.69, 9.17) is 4.74 Å². The second kappa shape index (κ2) is 10.9. The van der Waals surface area contributed by atoms with Gasteiger partial charge in [-0.3, -0.25) is 14.3 Å². The maximum Gasteiger partial charge on any atom is 0.229 e. The summed E-state index contributed by atoms with van der Waals surface area (Å²) < 4.78 is 9.92. The number of rotatable bonds is 10. The van der Waals surface area contributed by atoms with Gasteiger partial charge in [0.15, 0.2) is 5.78 Å². The first-order valence-electron chi connectivity index (χ1n) is 11.3. The van der Waals surface area contributed by atoms with E-state index in [2.05, 4.69) is 43.7 Å². The molecule has 0 saturated heterocycles. The minimum Gasteiger partial charge on any atom is -0.486 e. The van der Waals surface area contributed by atoms with Gasteiger partial charge in [-0.1, -0.05) is 53.7 Å². The minimum atomic E-state index is -0.406. The van der Waals surface area contributed by atoms with Gasteiger partial charge in [0.05, 0.1) is 4.21 Å². The van der Waals surface area contributed by atoms with E-state index in [0.29, 0.717) is 6.42 Å². The molecule has 1 N–H and O–H groups in total. The molecule has 0 saturated carbocycles. The van der Waals surface area contributed by atoms with Crippen molar-refractivity contribution >= 4 is 35.0 Å². The van der Waals surface area contributed by atoms with Gasteiger partial charge in [0.1, 0.15) is 12.4 Å². The molecule has 176 valence electrons. The van der Waals surface area contributed by atoms with Crippen molar-refractivity contribution in [2.75, 3.05) is 6.61 Å². The van der Waals surface area contributed by atoms with Crippen LogP contribution in [0.3, 0.4) is 0 Å². The van der Waals surface area contributed by atoms with Gasteiger partial charge in [0.25, 0.3) is 0 Å². The van der Waals surface area contributed by atoms with Crippen LogP contribution in [0.15, 0.2) is 28.5 Å². The van der Waals surface area contributed by atoms with Gasteiger partial charge in [0, 0.05) is 22.1 Å². The highest BCUT2D eigenvalue weighted by molar-refractivity contribution is 7.99. The fourth-order valence-corrected chi connectivity index (χ4v) is 5.98. The zero-order chi connectivity index (χ0) is 24.1. The number of aryl methyl sites for hydroxylation is 2. The van der Waals surface area contributed by atoms with Crippen molar-refractivity contribution < 1.29 is 14.3 Å². The summed E-state index contributed by atoms with van der Waals surface area (Å²) in [5.74, 6) is 0.887. The molecule has 6 heteroatoms. The average Bonchev–Trinajstić information content (AvgIpc) is 3.12. The molecule has 0 aliphatic carbocycles. The molecule has 0 spiro atoms. The Morgan fingerprint density at radius 3 is 2.22 bits per heavy atom. The average molecular weight is 476 g/mol. The fourth-order valence-electron chi connectivity index (χ4n) is 3.60. The minimum absolute atomic E-state index is 0.0396. The lowest BCUT2D eigenvalue weighted by Crippen LogP contribution is -2.27. The smallest absolute Gasteiger partial charge is 0.229 e. The van der Waals surface area contributed by atoms with Crippen LogP contribution in [0.25, 0.3) is 0 Å². The molecule has 0 fully saturated rings. The number of carbonyl (C=O) groups is 2. The van der Waals surface area contributed by atoms with Gasteiger partial charge in [-0.05, 0) is 67.5 Å². The van der Waals surface area contributed by atoms with Crippen molar-refractivity contribution in [2.45, 2.75) is 84.3 Å². The number of hydrogen-bond acceptors (Lipinski definition) is 5. The number of ether oxygens (including phenoxy) is 1. The molecule has 1 aromatic heterocycles. The summed E-state index contributed by atoms with van der Waals surface area (Å²) in [6.07, 6.45) is 2.42. The second-order valence-electron chi connectivity index (χ2n) is 9.29.